The number of hydrogen-bond acceptors (Lipinski definition) is 3. The van der Waals surface area contributed by atoms with Gasteiger partial charge in [-0.25, -0.2) is 4.79 Å². The van der Waals surface area contributed by atoms with E-state index in [0.717, 1.165) is 5.69 Å². The van der Waals surface area contributed by atoms with Crippen molar-refractivity contribution in [2.75, 3.05) is 25.5 Å². The summed E-state index contributed by atoms with van der Waals surface area (Å²) >= 11 is 0. The van der Waals surface area contributed by atoms with Crippen molar-refractivity contribution < 1.29 is 9.53 Å². The minimum absolute atomic E-state index is 0.182. The molecule has 0 aliphatic rings. The Morgan fingerprint density at radius 3 is 2.40 bits per heavy atom. The van der Waals surface area contributed by atoms with Crippen LogP contribution in [0.15, 0.2) is 24.3 Å². The topological polar surface area (TPSA) is 62.4 Å². The first-order valence-corrected chi connectivity index (χ1v) is 6.96. The van der Waals surface area contributed by atoms with E-state index in [1.165, 1.54) is 5.56 Å². The van der Waals surface area contributed by atoms with Gasteiger partial charge in [-0.3, -0.25) is 0 Å². The molecular weight excluding hydrogens is 254 g/mol. The third-order valence-electron chi connectivity index (χ3n) is 2.94. The van der Waals surface area contributed by atoms with Gasteiger partial charge in [-0.15, -0.1) is 0 Å². The fraction of sp³-hybridized carbons (Fsp3) is 0.533. The number of amides is 2. The summed E-state index contributed by atoms with van der Waals surface area (Å²) in [5, 5.41) is 8.71. The average Bonchev–Trinajstić information content (AvgIpc) is 2.43. The van der Waals surface area contributed by atoms with Crippen LogP contribution in [-0.2, 0) is 4.74 Å². The van der Waals surface area contributed by atoms with Crippen LogP contribution >= 0.6 is 0 Å². The number of carbonyl (C=O) groups excluding carboxylic acids is 1. The second-order valence-corrected chi connectivity index (χ2v) is 4.93. The Balaban J connectivity index is 2.35. The molecule has 0 heterocycles. The second kappa shape index (κ2) is 8.55. The standard InChI is InChI=1S/C15H25N3O2/c1-11(2)20-10-9-17-15(19)18-14-7-5-13(6-8-14)12(3)16-4/h5-8,11-12,16H,9-10H2,1-4H3,(H2,17,18,19). The zero-order valence-electron chi connectivity index (χ0n) is 12.7. The Labute approximate surface area is 121 Å². The number of urea groups is 1. The third kappa shape index (κ3) is 6.04. The van der Waals surface area contributed by atoms with Gasteiger partial charge in [0, 0.05) is 18.3 Å². The van der Waals surface area contributed by atoms with E-state index in [-0.39, 0.29) is 12.1 Å². The number of benzene rings is 1. The van der Waals surface area contributed by atoms with E-state index in [2.05, 4.69) is 22.9 Å². The summed E-state index contributed by atoms with van der Waals surface area (Å²) in [6, 6.07) is 7.87. The average molecular weight is 279 g/mol. The minimum Gasteiger partial charge on any atom is -0.377 e. The lowest BCUT2D eigenvalue weighted by atomic mass is 10.1. The smallest absolute Gasteiger partial charge is 0.319 e. The lowest BCUT2D eigenvalue weighted by Crippen LogP contribution is -2.32. The van der Waals surface area contributed by atoms with Gasteiger partial charge < -0.3 is 20.7 Å². The molecule has 0 saturated carbocycles. The summed E-state index contributed by atoms with van der Waals surface area (Å²) in [5.41, 5.74) is 1.96. The molecule has 0 saturated heterocycles. The van der Waals surface area contributed by atoms with E-state index in [9.17, 15) is 4.79 Å². The van der Waals surface area contributed by atoms with Crippen molar-refractivity contribution in [1.29, 1.82) is 0 Å². The van der Waals surface area contributed by atoms with Crippen LogP contribution in [0.2, 0.25) is 0 Å². The summed E-state index contributed by atoms with van der Waals surface area (Å²) in [6.45, 7) is 7.04. The number of carbonyl (C=O) groups is 1. The van der Waals surface area contributed by atoms with Crippen molar-refractivity contribution in [1.82, 2.24) is 10.6 Å². The van der Waals surface area contributed by atoms with Gasteiger partial charge in [0.2, 0.25) is 0 Å². The van der Waals surface area contributed by atoms with Crippen molar-refractivity contribution in [2.45, 2.75) is 32.9 Å². The normalized spacial score (nSPS) is 12.2. The highest BCUT2D eigenvalue weighted by atomic mass is 16.5. The van der Waals surface area contributed by atoms with Crippen molar-refractivity contribution >= 4 is 11.7 Å². The molecule has 0 aromatic heterocycles. The van der Waals surface area contributed by atoms with Crippen LogP contribution in [0.1, 0.15) is 32.4 Å². The summed E-state index contributed by atoms with van der Waals surface area (Å²) in [6.07, 6.45) is 0.182. The monoisotopic (exact) mass is 279 g/mol. The van der Waals surface area contributed by atoms with Crippen LogP contribution in [-0.4, -0.2) is 32.3 Å². The molecule has 5 nitrogen and oxygen atoms in total. The molecule has 20 heavy (non-hydrogen) atoms. The predicted octanol–water partition coefficient (Wildman–Crippen LogP) is 2.51. The van der Waals surface area contributed by atoms with Crippen molar-refractivity contribution in [3.8, 4) is 0 Å². The molecular formula is C15H25N3O2. The zero-order chi connectivity index (χ0) is 15.0. The first kappa shape index (κ1) is 16.5. The zero-order valence-corrected chi connectivity index (χ0v) is 12.7. The maximum Gasteiger partial charge on any atom is 0.319 e. The molecule has 5 heteroatoms. The molecule has 0 bridgehead atoms. The number of anilines is 1. The van der Waals surface area contributed by atoms with Crippen LogP contribution in [0.5, 0.6) is 0 Å². The second-order valence-electron chi connectivity index (χ2n) is 4.93. The number of ether oxygens (including phenoxy) is 1. The van der Waals surface area contributed by atoms with Crippen LogP contribution in [0.4, 0.5) is 10.5 Å². The van der Waals surface area contributed by atoms with Crippen LogP contribution < -0.4 is 16.0 Å². The largest absolute Gasteiger partial charge is 0.377 e. The molecule has 1 aromatic rings. The van der Waals surface area contributed by atoms with Gasteiger partial charge in [-0.2, -0.15) is 0 Å². The van der Waals surface area contributed by atoms with Crippen LogP contribution in [0.3, 0.4) is 0 Å². The first-order valence-electron chi connectivity index (χ1n) is 6.96. The van der Waals surface area contributed by atoms with E-state index >= 15 is 0 Å². The Morgan fingerprint density at radius 2 is 1.85 bits per heavy atom. The number of nitrogens with one attached hydrogen (secondary N) is 3. The van der Waals surface area contributed by atoms with Gasteiger partial charge in [0.1, 0.15) is 0 Å². The summed E-state index contributed by atoms with van der Waals surface area (Å²) in [5.74, 6) is 0. The summed E-state index contributed by atoms with van der Waals surface area (Å²) < 4.78 is 5.35. The molecule has 0 radical (unpaired) electrons. The van der Waals surface area contributed by atoms with Crippen molar-refractivity contribution in [2.24, 2.45) is 0 Å². The maximum absolute atomic E-state index is 11.6. The lowest BCUT2D eigenvalue weighted by molar-refractivity contribution is 0.0820. The molecule has 2 amide bonds. The molecule has 112 valence electrons. The Bertz CT molecular complexity index is 404. The van der Waals surface area contributed by atoms with Gasteiger partial charge in [-0.1, -0.05) is 12.1 Å². The molecule has 0 fully saturated rings. The highest BCUT2D eigenvalue weighted by Crippen LogP contribution is 2.15. The van der Waals surface area contributed by atoms with E-state index in [0.29, 0.717) is 19.2 Å². The number of rotatable bonds is 7. The molecule has 1 rings (SSSR count). The molecule has 3 N–H and O–H groups in total. The SMILES string of the molecule is CNC(C)c1ccc(NC(=O)NCCOC(C)C)cc1. The summed E-state index contributed by atoms with van der Waals surface area (Å²) in [7, 11) is 1.92. The van der Waals surface area contributed by atoms with Gasteiger partial charge in [-0.05, 0) is 45.5 Å². The van der Waals surface area contributed by atoms with Gasteiger partial charge in [0.25, 0.3) is 0 Å². The Morgan fingerprint density at radius 1 is 1.20 bits per heavy atom. The first-order chi connectivity index (χ1) is 9.52. The molecule has 0 spiro atoms. The fourth-order valence-corrected chi connectivity index (χ4v) is 1.66. The Kier molecular flexibility index (Phi) is 7.04. The van der Waals surface area contributed by atoms with Crippen LogP contribution in [0.25, 0.3) is 0 Å². The van der Waals surface area contributed by atoms with Gasteiger partial charge >= 0.3 is 6.03 Å². The molecule has 1 unspecified atom stereocenters. The maximum atomic E-state index is 11.6. The van der Waals surface area contributed by atoms with Crippen molar-refractivity contribution in [3.63, 3.8) is 0 Å². The van der Waals surface area contributed by atoms with E-state index in [4.69, 9.17) is 4.74 Å². The minimum atomic E-state index is -0.216. The molecule has 1 atom stereocenters. The molecule has 0 aliphatic heterocycles. The van der Waals surface area contributed by atoms with E-state index in [1.807, 2.05) is 45.2 Å². The lowest BCUT2D eigenvalue weighted by Gasteiger charge is -2.12. The predicted molar refractivity (Wildman–Crippen MR) is 82.0 cm³/mol. The quantitative estimate of drug-likeness (QED) is 0.672. The van der Waals surface area contributed by atoms with Gasteiger partial charge in [0.15, 0.2) is 0 Å². The molecule has 0 aliphatic carbocycles. The summed E-state index contributed by atoms with van der Waals surface area (Å²) in [4.78, 5) is 11.6. The third-order valence-corrected chi connectivity index (χ3v) is 2.94. The Hall–Kier alpha value is -1.59. The highest BCUT2D eigenvalue weighted by molar-refractivity contribution is 5.89. The molecule has 1 aromatic carbocycles. The highest BCUT2D eigenvalue weighted by Gasteiger charge is 2.04. The fourth-order valence-electron chi connectivity index (χ4n) is 1.66. The van der Waals surface area contributed by atoms with E-state index in [1.54, 1.807) is 0 Å². The van der Waals surface area contributed by atoms with Crippen molar-refractivity contribution in [3.05, 3.63) is 29.8 Å². The van der Waals surface area contributed by atoms with E-state index < -0.39 is 0 Å². The van der Waals surface area contributed by atoms with Gasteiger partial charge in [0.05, 0.1) is 12.7 Å². The number of hydrogen-bond donors (Lipinski definition) is 3. The van der Waals surface area contributed by atoms with Crippen LogP contribution in [0, 0.1) is 0 Å².